The van der Waals surface area contributed by atoms with Crippen LogP contribution in [0.5, 0.6) is 0 Å². The summed E-state index contributed by atoms with van der Waals surface area (Å²) in [5.74, 6) is -0.941. The molecule has 6 nitrogen and oxygen atoms in total. The highest BCUT2D eigenvalue weighted by atomic mass is 16.5. The van der Waals surface area contributed by atoms with Gasteiger partial charge in [-0.25, -0.2) is 14.6 Å². The lowest BCUT2D eigenvalue weighted by Gasteiger charge is -2.35. The van der Waals surface area contributed by atoms with E-state index in [1.807, 2.05) is 6.92 Å². The number of esters is 1. The van der Waals surface area contributed by atoms with E-state index in [1.165, 1.54) is 0 Å². The Morgan fingerprint density at radius 1 is 1.48 bits per heavy atom. The van der Waals surface area contributed by atoms with Gasteiger partial charge in [-0.2, -0.15) is 0 Å². The van der Waals surface area contributed by atoms with Crippen LogP contribution >= 0.6 is 0 Å². The summed E-state index contributed by atoms with van der Waals surface area (Å²) in [4.78, 5) is 29.8. The van der Waals surface area contributed by atoms with Gasteiger partial charge < -0.3 is 14.7 Å². The summed E-state index contributed by atoms with van der Waals surface area (Å²) >= 11 is 0. The van der Waals surface area contributed by atoms with Gasteiger partial charge in [-0.3, -0.25) is 0 Å². The SMILES string of the molecule is CCOC(=O)c1cccnc1N1CCCC1(CC)C(=O)O. The number of pyridine rings is 1. The lowest BCUT2D eigenvalue weighted by molar-refractivity contribution is -0.143. The molecule has 1 fully saturated rings. The summed E-state index contributed by atoms with van der Waals surface area (Å²) in [7, 11) is 0. The maximum Gasteiger partial charge on any atom is 0.341 e. The maximum absolute atomic E-state index is 12.1. The number of aromatic nitrogens is 1. The average Bonchev–Trinajstić information content (AvgIpc) is 2.92. The summed E-state index contributed by atoms with van der Waals surface area (Å²) in [5, 5.41) is 9.64. The molecule has 2 rings (SSSR count). The Balaban J connectivity index is 2.46. The third-order valence-electron chi connectivity index (χ3n) is 4.01. The second-order valence-electron chi connectivity index (χ2n) is 5.04. The van der Waals surface area contributed by atoms with Gasteiger partial charge in [0, 0.05) is 12.7 Å². The molecule has 0 radical (unpaired) electrons. The highest BCUT2D eigenvalue weighted by Gasteiger charge is 2.47. The van der Waals surface area contributed by atoms with E-state index in [0.29, 0.717) is 30.8 Å². The van der Waals surface area contributed by atoms with Crippen molar-refractivity contribution in [3.8, 4) is 0 Å². The van der Waals surface area contributed by atoms with Crippen LogP contribution in [0.3, 0.4) is 0 Å². The van der Waals surface area contributed by atoms with Gasteiger partial charge in [-0.1, -0.05) is 6.92 Å². The lowest BCUT2D eigenvalue weighted by Crippen LogP contribution is -2.51. The zero-order valence-corrected chi connectivity index (χ0v) is 12.3. The Morgan fingerprint density at radius 2 is 2.24 bits per heavy atom. The summed E-state index contributed by atoms with van der Waals surface area (Å²) < 4.78 is 5.04. The molecular weight excluding hydrogens is 272 g/mol. The van der Waals surface area contributed by atoms with Crippen molar-refractivity contribution >= 4 is 17.8 Å². The van der Waals surface area contributed by atoms with E-state index in [9.17, 15) is 14.7 Å². The molecule has 1 aliphatic heterocycles. The van der Waals surface area contributed by atoms with Crippen molar-refractivity contribution in [2.45, 2.75) is 38.6 Å². The average molecular weight is 292 g/mol. The molecule has 0 bridgehead atoms. The third kappa shape index (κ3) is 2.57. The fraction of sp³-hybridized carbons (Fsp3) is 0.533. The maximum atomic E-state index is 12.1. The fourth-order valence-electron chi connectivity index (χ4n) is 2.91. The van der Waals surface area contributed by atoms with Crippen molar-refractivity contribution in [3.05, 3.63) is 23.9 Å². The van der Waals surface area contributed by atoms with Gasteiger partial charge in [0.2, 0.25) is 0 Å². The number of ether oxygens (including phenoxy) is 1. The number of nitrogens with zero attached hydrogens (tertiary/aromatic N) is 2. The Bertz CT molecular complexity index is 546. The minimum Gasteiger partial charge on any atom is -0.479 e. The number of carboxylic acids is 1. The van der Waals surface area contributed by atoms with Crippen LogP contribution in [0.15, 0.2) is 18.3 Å². The third-order valence-corrected chi connectivity index (χ3v) is 4.01. The molecule has 0 aromatic carbocycles. The Labute approximate surface area is 123 Å². The fourth-order valence-corrected chi connectivity index (χ4v) is 2.91. The van der Waals surface area contributed by atoms with Gasteiger partial charge in [0.05, 0.1) is 6.61 Å². The van der Waals surface area contributed by atoms with Gasteiger partial charge in [0.25, 0.3) is 0 Å². The number of carboxylic acid groups (broad SMARTS) is 1. The molecule has 1 N–H and O–H groups in total. The molecule has 0 saturated carbocycles. The molecule has 0 spiro atoms. The molecule has 1 unspecified atom stereocenters. The van der Waals surface area contributed by atoms with Gasteiger partial charge >= 0.3 is 11.9 Å². The first-order chi connectivity index (χ1) is 10.1. The van der Waals surface area contributed by atoms with Crippen molar-refractivity contribution in [2.24, 2.45) is 0 Å². The van der Waals surface area contributed by atoms with Gasteiger partial charge in [-0.05, 0) is 38.3 Å². The van der Waals surface area contributed by atoms with Crippen LogP contribution in [0.4, 0.5) is 5.82 Å². The van der Waals surface area contributed by atoms with Gasteiger partial charge in [-0.15, -0.1) is 0 Å². The van der Waals surface area contributed by atoms with Crippen LogP contribution in [0.1, 0.15) is 43.5 Å². The van der Waals surface area contributed by atoms with Crippen LogP contribution in [0, 0.1) is 0 Å². The van der Waals surface area contributed by atoms with Crippen molar-refractivity contribution < 1.29 is 19.4 Å². The standard InChI is InChI=1S/C15H20N2O4/c1-3-15(14(19)20)8-6-10-17(15)12-11(7-5-9-16-12)13(18)21-4-2/h5,7,9H,3-4,6,8,10H2,1-2H3,(H,19,20). The van der Waals surface area contributed by atoms with Crippen LogP contribution in [-0.4, -0.2) is 40.7 Å². The second-order valence-corrected chi connectivity index (χ2v) is 5.04. The molecule has 2 heterocycles. The topological polar surface area (TPSA) is 79.7 Å². The van der Waals surface area contributed by atoms with Crippen molar-refractivity contribution in [1.29, 1.82) is 0 Å². The molecule has 1 saturated heterocycles. The molecule has 1 atom stereocenters. The van der Waals surface area contributed by atoms with Crippen LogP contribution in [-0.2, 0) is 9.53 Å². The number of hydrogen-bond donors (Lipinski definition) is 1. The Hall–Kier alpha value is -2.11. The zero-order valence-electron chi connectivity index (χ0n) is 12.3. The molecule has 0 amide bonds. The van der Waals surface area contributed by atoms with E-state index < -0.39 is 17.5 Å². The summed E-state index contributed by atoms with van der Waals surface area (Å²) in [5.41, 5.74) is -0.671. The predicted molar refractivity (Wildman–Crippen MR) is 77.4 cm³/mol. The molecule has 1 aromatic heterocycles. The lowest BCUT2D eigenvalue weighted by atomic mass is 9.92. The highest BCUT2D eigenvalue weighted by molar-refractivity contribution is 5.96. The molecule has 114 valence electrons. The molecule has 21 heavy (non-hydrogen) atoms. The van der Waals surface area contributed by atoms with Crippen molar-refractivity contribution in [3.63, 3.8) is 0 Å². The quantitative estimate of drug-likeness (QED) is 0.837. The van der Waals surface area contributed by atoms with Gasteiger partial charge in [0.1, 0.15) is 16.9 Å². The Kier molecular flexibility index (Phi) is 4.45. The van der Waals surface area contributed by atoms with E-state index in [2.05, 4.69) is 4.98 Å². The number of hydrogen-bond acceptors (Lipinski definition) is 5. The number of aliphatic carboxylic acids is 1. The number of anilines is 1. The first-order valence-electron chi connectivity index (χ1n) is 7.20. The highest BCUT2D eigenvalue weighted by Crippen LogP contribution is 2.37. The summed E-state index contributed by atoms with van der Waals surface area (Å²) in [6.07, 6.45) is 3.34. The predicted octanol–water partition coefficient (Wildman–Crippen LogP) is 2.09. The first-order valence-corrected chi connectivity index (χ1v) is 7.20. The molecule has 6 heteroatoms. The minimum absolute atomic E-state index is 0.269. The number of carbonyl (C=O) groups excluding carboxylic acids is 1. The molecule has 1 aliphatic rings. The zero-order chi connectivity index (χ0) is 15.5. The largest absolute Gasteiger partial charge is 0.479 e. The van der Waals surface area contributed by atoms with Crippen molar-refractivity contribution in [2.75, 3.05) is 18.1 Å². The normalized spacial score (nSPS) is 21.3. The van der Waals surface area contributed by atoms with Crippen molar-refractivity contribution in [1.82, 2.24) is 4.98 Å². The van der Waals surface area contributed by atoms with E-state index in [0.717, 1.165) is 6.42 Å². The monoisotopic (exact) mass is 292 g/mol. The van der Waals surface area contributed by atoms with Gasteiger partial charge in [0.15, 0.2) is 0 Å². The molecule has 0 aliphatic carbocycles. The number of carbonyl (C=O) groups is 2. The Morgan fingerprint density at radius 3 is 2.86 bits per heavy atom. The van der Waals surface area contributed by atoms with Crippen LogP contribution < -0.4 is 4.90 Å². The molecular formula is C15H20N2O4. The van der Waals surface area contributed by atoms with E-state index in [4.69, 9.17) is 4.74 Å². The number of rotatable bonds is 5. The first kappa shape index (κ1) is 15.3. The van der Waals surface area contributed by atoms with E-state index in [-0.39, 0.29) is 6.61 Å². The smallest absolute Gasteiger partial charge is 0.341 e. The molecule has 1 aromatic rings. The van der Waals surface area contributed by atoms with E-state index in [1.54, 1.807) is 30.2 Å². The van der Waals surface area contributed by atoms with Crippen LogP contribution in [0.2, 0.25) is 0 Å². The second kappa shape index (κ2) is 6.11. The van der Waals surface area contributed by atoms with Crippen LogP contribution in [0.25, 0.3) is 0 Å². The van der Waals surface area contributed by atoms with E-state index >= 15 is 0 Å². The summed E-state index contributed by atoms with van der Waals surface area (Å²) in [6.45, 7) is 4.42. The minimum atomic E-state index is -0.990. The summed E-state index contributed by atoms with van der Waals surface area (Å²) in [6, 6.07) is 3.28.